The maximum atomic E-state index is 11.1. The highest BCUT2D eigenvalue weighted by atomic mass is 16.5. The fourth-order valence-corrected chi connectivity index (χ4v) is 3.84. The number of hydrogen-bond donors (Lipinski definition) is 2. The quantitative estimate of drug-likeness (QED) is 0.760. The summed E-state index contributed by atoms with van der Waals surface area (Å²) in [6.07, 6.45) is 3.29. The number of ether oxygens (including phenoxy) is 1. The Kier molecular flexibility index (Phi) is 2.67. The minimum Gasteiger partial charge on any atom is -0.377 e. The third kappa shape index (κ3) is 1.78. The minimum absolute atomic E-state index is 0.201. The lowest BCUT2D eigenvalue weighted by Gasteiger charge is -2.55. The lowest BCUT2D eigenvalue weighted by Crippen LogP contribution is -2.66. The second-order valence-electron chi connectivity index (χ2n) is 6.25. The molecule has 0 aromatic rings. The first kappa shape index (κ1) is 11.5. The first-order chi connectivity index (χ1) is 8.09. The molecule has 4 nitrogen and oxygen atoms in total. The van der Waals surface area contributed by atoms with Crippen molar-refractivity contribution in [2.45, 2.75) is 51.3 Å². The first-order valence-electron chi connectivity index (χ1n) is 6.73. The summed E-state index contributed by atoms with van der Waals surface area (Å²) in [5.74, 6) is 0.883. The van der Waals surface area contributed by atoms with Crippen LogP contribution in [0.2, 0.25) is 0 Å². The number of hydrogen-bond acceptors (Lipinski definition) is 3. The Morgan fingerprint density at radius 3 is 3.00 bits per heavy atom. The second kappa shape index (κ2) is 3.95. The van der Waals surface area contributed by atoms with Gasteiger partial charge in [0.25, 0.3) is 0 Å². The Bertz CT molecular complexity index is 329. The topological polar surface area (TPSA) is 50.4 Å². The molecule has 3 fully saturated rings. The van der Waals surface area contributed by atoms with E-state index in [9.17, 15) is 4.79 Å². The molecule has 17 heavy (non-hydrogen) atoms. The van der Waals surface area contributed by atoms with Gasteiger partial charge in [0.15, 0.2) is 0 Å². The number of amides is 1. The monoisotopic (exact) mass is 238 g/mol. The smallest absolute Gasteiger partial charge is 0.220 e. The standard InChI is InChI=1S/C13H22N2O2/c1-13(2)11(9-5-6-17-12(9)13)14-7-8-3-4-10(16)15-8/h8-9,11-12,14H,3-7H2,1-2H3,(H,15,16). The van der Waals surface area contributed by atoms with Gasteiger partial charge in [0.1, 0.15) is 0 Å². The van der Waals surface area contributed by atoms with E-state index in [1.165, 1.54) is 6.42 Å². The van der Waals surface area contributed by atoms with Crippen LogP contribution < -0.4 is 10.6 Å². The molecule has 2 saturated heterocycles. The minimum atomic E-state index is 0.201. The number of rotatable bonds is 3. The molecule has 96 valence electrons. The van der Waals surface area contributed by atoms with Gasteiger partial charge in [-0.2, -0.15) is 0 Å². The molecule has 0 bridgehead atoms. The molecular weight excluding hydrogens is 216 g/mol. The van der Waals surface area contributed by atoms with Crippen molar-refractivity contribution in [3.05, 3.63) is 0 Å². The molecule has 3 aliphatic rings. The van der Waals surface area contributed by atoms with Crippen molar-refractivity contribution in [2.24, 2.45) is 11.3 Å². The summed E-state index contributed by atoms with van der Waals surface area (Å²) in [7, 11) is 0. The Labute approximate surface area is 102 Å². The van der Waals surface area contributed by atoms with Crippen LogP contribution in [0.1, 0.15) is 33.1 Å². The van der Waals surface area contributed by atoms with E-state index in [4.69, 9.17) is 4.74 Å². The molecule has 0 aromatic heterocycles. The molecule has 4 heteroatoms. The summed E-state index contributed by atoms with van der Waals surface area (Å²) in [5, 5.41) is 6.66. The normalized spacial score (nSPS) is 43.1. The third-order valence-corrected chi connectivity index (χ3v) is 4.77. The zero-order valence-corrected chi connectivity index (χ0v) is 10.7. The summed E-state index contributed by atoms with van der Waals surface area (Å²) in [4.78, 5) is 11.1. The summed E-state index contributed by atoms with van der Waals surface area (Å²) >= 11 is 0. The maximum Gasteiger partial charge on any atom is 0.220 e. The zero-order chi connectivity index (χ0) is 12.0. The average Bonchev–Trinajstić information content (AvgIpc) is 2.86. The van der Waals surface area contributed by atoms with Gasteiger partial charge in [-0.15, -0.1) is 0 Å². The summed E-state index contributed by atoms with van der Waals surface area (Å²) < 4.78 is 5.78. The van der Waals surface area contributed by atoms with Gasteiger partial charge < -0.3 is 15.4 Å². The van der Waals surface area contributed by atoms with E-state index in [1.807, 2.05) is 0 Å². The van der Waals surface area contributed by atoms with Crippen molar-refractivity contribution in [2.75, 3.05) is 13.2 Å². The van der Waals surface area contributed by atoms with Crippen molar-refractivity contribution in [3.8, 4) is 0 Å². The summed E-state index contributed by atoms with van der Waals surface area (Å²) in [6, 6.07) is 0.882. The van der Waals surface area contributed by atoms with Gasteiger partial charge in [0.05, 0.1) is 6.10 Å². The second-order valence-corrected chi connectivity index (χ2v) is 6.25. The van der Waals surface area contributed by atoms with Crippen LogP contribution in [0.4, 0.5) is 0 Å². The van der Waals surface area contributed by atoms with Crippen LogP contribution in [0.3, 0.4) is 0 Å². The molecule has 1 saturated carbocycles. The van der Waals surface area contributed by atoms with E-state index >= 15 is 0 Å². The van der Waals surface area contributed by atoms with Gasteiger partial charge in [-0.3, -0.25) is 4.79 Å². The van der Waals surface area contributed by atoms with Crippen LogP contribution in [0, 0.1) is 11.3 Å². The molecule has 4 atom stereocenters. The highest BCUT2D eigenvalue weighted by Gasteiger charge is 2.59. The van der Waals surface area contributed by atoms with Crippen molar-refractivity contribution in [1.82, 2.24) is 10.6 Å². The van der Waals surface area contributed by atoms with Crippen LogP contribution in [-0.2, 0) is 9.53 Å². The van der Waals surface area contributed by atoms with E-state index in [-0.39, 0.29) is 11.3 Å². The van der Waals surface area contributed by atoms with Crippen LogP contribution in [0.5, 0.6) is 0 Å². The highest BCUT2D eigenvalue weighted by molar-refractivity contribution is 5.78. The molecule has 0 spiro atoms. The largest absolute Gasteiger partial charge is 0.377 e. The van der Waals surface area contributed by atoms with Crippen molar-refractivity contribution < 1.29 is 9.53 Å². The van der Waals surface area contributed by atoms with Crippen LogP contribution in [0.25, 0.3) is 0 Å². The third-order valence-electron chi connectivity index (χ3n) is 4.77. The van der Waals surface area contributed by atoms with Gasteiger partial charge in [0, 0.05) is 43.0 Å². The lowest BCUT2D eigenvalue weighted by molar-refractivity contribution is -0.119. The number of fused-ring (bicyclic) bond motifs is 1. The van der Waals surface area contributed by atoms with Crippen molar-refractivity contribution in [3.63, 3.8) is 0 Å². The zero-order valence-electron chi connectivity index (χ0n) is 10.7. The van der Waals surface area contributed by atoms with Gasteiger partial charge in [0.2, 0.25) is 5.91 Å². The summed E-state index contributed by atoms with van der Waals surface area (Å²) in [6.45, 7) is 6.38. The Morgan fingerprint density at radius 1 is 1.47 bits per heavy atom. The van der Waals surface area contributed by atoms with E-state index < -0.39 is 0 Å². The molecule has 2 heterocycles. The Balaban J connectivity index is 1.53. The van der Waals surface area contributed by atoms with Crippen molar-refractivity contribution >= 4 is 5.91 Å². The van der Waals surface area contributed by atoms with E-state index in [0.29, 0.717) is 30.5 Å². The van der Waals surface area contributed by atoms with E-state index in [0.717, 1.165) is 19.6 Å². The average molecular weight is 238 g/mol. The van der Waals surface area contributed by atoms with E-state index in [1.54, 1.807) is 0 Å². The first-order valence-corrected chi connectivity index (χ1v) is 6.73. The fourth-order valence-electron chi connectivity index (χ4n) is 3.84. The molecule has 0 aromatic carbocycles. The molecule has 2 N–H and O–H groups in total. The molecule has 1 amide bonds. The lowest BCUT2D eigenvalue weighted by atomic mass is 9.57. The molecule has 2 aliphatic heterocycles. The van der Waals surface area contributed by atoms with Crippen LogP contribution >= 0.6 is 0 Å². The predicted molar refractivity (Wildman–Crippen MR) is 64.6 cm³/mol. The van der Waals surface area contributed by atoms with Gasteiger partial charge in [-0.05, 0) is 12.8 Å². The van der Waals surface area contributed by atoms with E-state index in [2.05, 4.69) is 24.5 Å². The Morgan fingerprint density at radius 2 is 2.29 bits per heavy atom. The highest BCUT2D eigenvalue weighted by Crippen LogP contribution is 2.52. The molecule has 0 radical (unpaired) electrons. The van der Waals surface area contributed by atoms with Gasteiger partial charge in [-0.25, -0.2) is 0 Å². The summed E-state index contributed by atoms with van der Waals surface area (Å²) in [5.41, 5.74) is 0.240. The van der Waals surface area contributed by atoms with Crippen LogP contribution in [0.15, 0.2) is 0 Å². The number of carbonyl (C=O) groups is 1. The molecule has 1 aliphatic carbocycles. The number of carbonyl (C=O) groups excluding carboxylic acids is 1. The Hall–Kier alpha value is -0.610. The molecule has 3 rings (SSSR count). The molecule has 4 unspecified atom stereocenters. The molecular formula is C13H22N2O2. The SMILES string of the molecule is CC1(C)C(NCC2CCC(=O)N2)C2CCOC21. The predicted octanol–water partition coefficient (Wildman–Crippen LogP) is 0.668. The number of nitrogens with one attached hydrogen (secondary N) is 2. The van der Waals surface area contributed by atoms with Crippen LogP contribution in [-0.4, -0.2) is 37.2 Å². The van der Waals surface area contributed by atoms with Gasteiger partial charge >= 0.3 is 0 Å². The van der Waals surface area contributed by atoms with Crippen molar-refractivity contribution in [1.29, 1.82) is 0 Å². The fraction of sp³-hybridized carbons (Fsp3) is 0.923. The van der Waals surface area contributed by atoms with Gasteiger partial charge in [-0.1, -0.05) is 13.8 Å². The maximum absolute atomic E-state index is 11.1.